The van der Waals surface area contributed by atoms with Gasteiger partial charge in [0.05, 0.1) is 12.7 Å². The van der Waals surface area contributed by atoms with Gasteiger partial charge in [0.15, 0.2) is 0 Å². The lowest BCUT2D eigenvalue weighted by atomic mass is 10.1. The van der Waals surface area contributed by atoms with Crippen LogP contribution in [-0.2, 0) is 0 Å². The third kappa shape index (κ3) is 3.23. The molecule has 1 aromatic rings. The van der Waals surface area contributed by atoms with E-state index >= 15 is 0 Å². The summed E-state index contributed by atoms with van der Waals surface area (Å²) in [7, 11) is 1.61. The van der Waals surface area contributed by atoms with E-state index in [4.69, 9.17) is 16.3 Å². The molecule has 1 rings (SSSR count). The van der Waals surface area contributed by atoms with E-state index in [1.165, 1.54) is 6.33 Å². The van der Waals surface area contributed by atoms with Crippen molar-refractivity contribution in [3.8, 4) is 5.88 Å². The van der Waals surface area contributed by atoms with Crippen LogP contribution in [-0.4, -0.2) is 29.0 Å². The molecule has 16 heavy (non-hydrogen) atoms. The SMILES string of the molecule is CCC(CCCl)Nc1ncnc(OC)c1C. The number of anilines is 1. The highest BCUT2D eigenvalue weighted by molar-refractivity contribution is 6.17. The van der Waals surface area contributed by atoms with E-state index in [1.807, 2.05) is 6.92 Å². The van der Waals surface area contributed by atoms with Gasteiger partial charge in [-0.2, -0.15) is 0 Å². The summed E-state index contributed by atoms with van der Waals surface area (Å²) in [4.78, 5) is 8.25. The predicted octanol–water partition coefficient (Wildman–Crippen LogP) is 2.61. The first kappa shape index (κ1) is 13.0. The van der Waals surface area contributed by atoms with E-state index in [-0.39, 0.29) is 0 Å². The summed E-state index contributed by atoms with van der Waals surface area (Å²) in [5.74, 6) is 2.08. The molecule has 0 amide bonds. The van der Waals surface area contributed by atoms with Crippen molar-refractivity contribution in [2.24, 2.45) is 0 Å². The van der Waals surface area contributed by atoms with Crippen LogP contribution in [0.5, 0.6) is 5.88 Å². The molecule has 0 spiro atoms. The van der Waals surface area contributed by atoms with Crippen molar-refractivity contribution < 1.29 is 4.74 Å². The first-order valence-electron chi connectivity index (χ1n) is 5.41. The molecule has 1 heterocycles. The summed E-state index contributed by atoms with van der Waals surface area (Å²) in [5.41, 5.74) is 0.929. The second kappa shape index (κ2) is 6.53. The number of halogens is 1. The van der Waals surface area contributed by atoms with Crippen LogP contribution >= 0.6 is 11.6 Å². The van der Waals surface area contributed by atoms with E-state index in [9.17, 15) is 0 Å². The van der Waals surface area contributed by atoms with Crippen LogP contribution in [0.3, 0.4) is 0 Å². The minimum Gasteiger partial charge on any atom is -0.481 e. The summed E-state index contributed by atoms with van der Waals surface area (Å²) in [6, 6.07) is 0.343. The fraction of sp³-hybridized carbons (Fsp3) is 0.636. The Labute approximate surface area is 101 Å². The molecular weight excluding hydrogens is 226 g/mol. The highest BCUT2D eigenvalue weighted by atomic mass is 35.5. The number of methoxy groups -OCH3 is 1. The summed E-state index contributed by atoms with van der Waals surface area (Å²) >= 11 is 5.74. The average molecular weight is 244 g/mol. The van der Waals surface area contributed by atoms with E-state index in [2.05, 4.69) is 22.2 Å². The Morgan fingerprint density at radius 1 is 1.50 bits per heavy atom. The quantitative estimate of drug-likeness (QED) is 0.781. The van der Waals surface area contributed by atoms with Crippen LogP contribution < -0.4 is 10.1 Å². The maximum Gasteiger partial charge on any atom is 0.221 e. The standard InChI is InChI=1S/C11H18ClN3O/c1-4-9(5-6-12)15-10-8(2)11(16-3)14-7-13-10/h7,9H,4-6H2,1-3H3,(H,13,14,15). The highest BCUT2D eigenvalue weighted by Gasteiger charge is 2.11. The minimum absolute atomic E-state index is 0.343. The van der Waals surface area contributed by atoms with Gasteiger partial charge < -0.3 is 10.1 Å². The molecule has 90 valence electrons. The van der Waals surface area contributed by atoms with Crippen molar-refractivity contribution in [2.75, 3.05) is 18.3 Å². The third-order valence-electron chi connectivity index (χ3n) is 2.52. The molecule has 0 bridgehead atoms. The second-order valence-electron chi connectivity index (χ2n) is 3.58. The molecule has 1 atom stereocenters. The lowest BCUT2D eigenvalue weighted by molar-refractivity contribution is 0.393. The van der Waals surface area contributed by atoms with Gasteiger partial charge in [0, 0.05) is 11.9 Å². The highest BCUT2D eigenvalue weighted by Crippen LogP contribution is 2.21. The maximum absolute atomic E-state index is 5.74. The third-order valence-corrected chi connectivity index (χ3v) is 2.74. The Bertz CT molecular complexity index is 333. The van der Waals surface area contributed by atoms with E-state index in [0.717, 1.165) is 24.2 Å². The molecule has 0 radical (unpaired) electrons. The lowest BCUT2D eigenvalue weighted by Crippen LogP contribution is -2.20. The largest absolute Gasteiger partial charge is 0.481 e. The second-order valence-corrected chi connectivity index (χ2v) is 3.96. The Morgan fingerprint density at radius 2 is 2.25 bits per heavy atom. The number of rotatable bonds is 6. The molecule has 0 aliphatic carbocycles. The number of nitrogens with one attached hydrogen (secondary N) is 1. The molecule has 1 N–H and O–H groups in total. The first-order valence-corrected chi connectivity index (χ1v) is 5.94. The van der Waals surface area contributed by atoms with Crippen LogP contribution in [0, 0.1) is 6.92 Å². The van der Waals surface area contributed by atoms with E-state index in [0.29, 0.717) is 17.8 Å². The van der Waals surface area contributed by atoms with Gasteiger partial charge in [0.1, 0.15) is 12.1 Å². The van der Waals surface area contributed by atoms with Gasteiger partial charge in [-0.3, -0.25) is 0 Å². The van der Waals surface area contributed by atoms with Crippen LogP contribution in [0.15, 0.2) is 6.33 Å². The zero-order valence-electron chi connectivity index (χ0n) is 9.96. The molecule has 0 fully saturated rings. The fourth-order valence-corrected chi connectivity index (χ4v) is 1.75. The number of alkyl halides is 1. The molecule has 5 heteroatoms. The van der Waals surface area contributed by atoms with Crippen molar-refractivity contribution in [1.29, 1.82) is 0 Å². The summed E-state index contributed by atoms with van der Waals surface area (Å²) in [6.45, 7) is 4.06. The van der Waals surface area contributed by atoms with Crippen LogP contribution in [0.4, 0.5) is 5.82 Å². The van der Waals surface area contributed by atoms with E-state index < -0.39 is 0 Å². The minimum atomic E-state index is 0.343. The van der Waals surface area contributed by atoms with Gasteiger partial charge in [-0.05, 0) is 19.8 Å². The number of aromatic nitrogens is 2. The zero-order chi connectivity index (χ0) is 12.0. The summed E-state index contributed by atoms with van der Waals surface area (Å²) in [6.07, 6.45) is 3.43. The molecule has 0 aliphatic heterocycles. The van der Waals surface area contributed by atoms with Gasteiger partial charge in [-0.15, -0.1) is 11.6 Å². The molecule has 0 saturated heterocycles. The lowest BCUT2D eigenvalue weighted by Gasteiger charge is -2.18. The van der Waals surface area contributed by atoms with Crippen LogP contribution in [0.1, 0.15) is 25.3 Å². The van der Waals surface area contributed by atoms with Crippen molar-refractivity contribution >= 4 is 17.4 Å². The molecule has 4 nitrogen and oxygen atoms in total. The van der Waals surface area contributed by atoms with Gasteiger partial charge in [0.2, 0.25) is 5.88 Å². The van der Waals surface area contributed by atoms with Gasteiger partial charge in [-0.25, -0.2) is 9.97 Å². The Hall–Kier alpha value is -1.03. The molecule has 1 aromatic heterocycles. The number of nitrogens with zero attached hydrogens (tertiary/aromatic N) is 2. The van der Waals surface area contributed by atoms with Gasteiger partial charge in [0.25, 0.3) is 0 Å². The predicted molar refractivity (Wildman–Crippen MR) is 66.4 cm³/mol. The van der Waals surface area contributed by atoms with Crippen molar-refractivity contribution in [3.05, 3.63) is 11.9 Å². The summed E-state index contributed by atoms with van der Waals surface area (Å²) in [5, 5.41) is 3.36. The number of ether oxygens (including phenoxy) is 1. The van der Waals surface area contributed by atoms with Crippen molar-refractivity contribution in [2.45, 2.75) is 32.7 Å². The molecule has 0 aromatic carbocycles. The van der Waals surface area contributed by atoms with Crippen LogP contribution in [0.2, 0.25) is 0 Å². The van der Waals surface area contributed by atoms with Crippen LogP contribution in [0.25, 0.3) is 0 Å². The summed E-state index contributed by atoms with van der Waals surface area (Å²) < 4.78 is 5.14. The first-order chi connectivity index (χ1) is 7.72. The molecule has 1 unspecified atom stereocenters. The topological polar surface area (TPSA) is 47.0 Å². The van der Waals surface area contributed by atoms with Gasteiger partial charge >= 0.3 is 0 Å². The molecule has 0 aliphatic rings. The molecular formula is C11H18ClN3O. The Kier molecular flexibility index (Phi) is 5.32. The zero-order valence-corrected chi connectivity index (χ0v) is 10.7. The monoisotopic (exact) mass is 243 g/mol. The Morgan fingerprint density at radius 3 is 2.81 bits per heavy atom. The van der Waals surface area contributed by atoms with E-state index in [1.54, 1.807) is 7.11 Å². The normalized spacial score (nSPS) is 12.2. The number of hydrogen-bond acceptors (Lipinski definition) is 4. The Balaban J connectivity index is 2.79. The van der Waals surface area contributed by atoms with Crippen molar-refractivity contribution in [1.82, 2.24) is 9.97 Å². The number of hydrogen-bond donors (Lipinski definition) is 1. The van der Waals surface area contributed by atoms with Gasteiger partial charge in [-0.1, -0.05) is 6.92 Å². The average Bonchev–Trinajstić information content (AvgIpc) is 2.31. The fourth-order valence-electron chi connectivity index (χ4n) is 1.49. The molecule has 0 saturated carbocycles. The maximum atomic E-state index is 5.74. The smallest absolute Gasteiger partial charge is 0.221 e. The van der Waals surface area contributed by atoms with Crippen molar-refractivity contribution in [3.63, 3.8) is 0 Å².